The van der Waals surface area contributed by atoms with Crippen molar-refractivity contribution in [1.82, 2.24) is 4.90 Å². The van der Waals surface area contributed by atoms with Gasteiger partial charge in [-0.05, 0) is 31.2 Å². The predicted molar refractivity (Wildman–Crippen MR) is 76.9 cm³/mol. The van der Waals surface area contributed by atoms with Crippen LogP contribution >= 0.6 is 0 Å². The molecule has 1 aromatic heterocycles. The van der Waals surface area contributed by atoms with E-state index in [1.54, 1.807) is 6.92 Å². The Bertz CT molecular complexity index is 474. The van der Waals surface area contributed by atoms with Gasteiger partial charge in [-0.2, -0.15) is 0 Å². The van der Waals surface area contributed by atoms with Crippen molar-refractivity contribution in [1.29, 1.82) is 0 Å². The Morgan fingerprint density at radius 2 is 2.00 bits per heavy atom. The van der Waals surface area contributed by atoms with Crippen molar-refractivity contribution < 1.29 is 14.1 Å². The van der Waals surface area contributed by atoms with Crippen molar-refractivity contribution in [2.24, 2.45) is 7.05 Å². The van der Waals surface area contributed by atoms with Crippen LogP contribution < -0.4 is 4.57 Å². The smallest absolute Gasteiger partial charge is 0.334 e. The second-order valence-corrected chi connectivity index (χ2v) is 5.53. The van der Waals surface area contributed by atoms with Crippen LogP contribution in [-0.2, 0) is 16.6 Å². The van der Waals surface area contributed by atoms with Gasteiger partial charge >= 0.3 is 5.97 Å². The van der Waals surface area contributed by atoms with Crippen LogP contribution in [0.15, 0.2) is 36.7 Å². The van der Waals surface area contributed by atoms with Crippen LogP contribution in [0.2, 0.25) is 0 Å². The van der Waals surface area contributed by atoms with Crippen LogP contribution in [0.5, 0.6) is 0 Å². The topological polar surface area (TPSA) is 33.4 Å². The van der Waals surface area contributed by atoms with E-state index in [0.29, 0.717) is 18.2 Å². The normalized spacial score (nSPS) is 16.9. The highest BCUT2D eigenvalue weighted by Crippen LogP contribution is 2.27. The summed E-state index contributed by atoms with van der Waals surface area (Å²) in [6, 6.07) is 4.39. The zero-order valence-corrected chi connectivity index (χ0v) is 12.3. The maximum absolute atomic E-state index is 11.4. The number of pyridine rings is 1. The number of piperidine rings is 1. The second-order valence-electron chi connectivity index (χ2n) is 5.53. The van der Waals surface area contributed by atoms with Crippen molar-refractivity contribution in [2.45, 2.75) is 25.7 Å². The highest BCUT2D eigenvalue weighted by atomic mass is 16.5. The van der Waals surface area contributed by atoms with E-state index in [-0.39, 0.29) is 5.97 Å². The summed E-state index contributed by atoms with van der Waals surface area (Å²) < 4.78 is 7.24. The van der Waals surface area contributed by atoms with Gasteiger partial charge in [0, 0.05) is 30.8 Å². The average molecular weight is 275 g/mol. The van der Waals surface area contributed by atoms with Crippen LogP contribution in [0.4, 0.5) is 0 Å². The number of esters is 1. The van der Waals surface area contributed by atoms with Gasteiger partial charge in [0.1, 0.15) is 13.8 Å². The fourth-order valence-electron chi connectivity index (χ4n) is 2.45. The summed E-state index contributed by atoms with van der Waals surface area (Å²) in [6.45, 7) is 7.57. The standard InChI is InChI=1S/C16H23N2O2/c1-13(2)16(19)20-12-18-10-6-15(7-11-18)14-4-8-17(3)9-5-14/h4-5,8-9,15H,1,6-7,10-12H2,2-3H3/q+1. The van der Waals surface area contributed by atoms with Crippen molar-refractivity contribution in [3.8, 4) is 0 Å². The molecule has 1 aromatic rings. The fraction of sp³-hybridized carbons (Fsp3) is 0.500. The molecule has 1 fully saturated rings. The van der Waals surface area contributed by atoms with E-state index in [9.17, 15) is 4.79 Å². The van der Waals surface area contributed by atoms with Crippen LogP contribution in [0.25, 0.3) is 0 Å². The number of rotatable bonds is 4. The van der Waals surface area contributed by atoms with Crippen molar-refractivity contribution in [3.05, 3.63) is 42.2 Å². The number of ether oxygens (including phenoxy) is 1. The maximum Gasteiger partial charge on any atom is 0.334 e. The molecule has 0 unspecified atom stereocenters. The van der Waals surface area contributed by atoms with Crippen LogP contribution in [0.1, 0.15) is 31.2 Å². The maximum atomic E-state index is 11.4. The molecule has 1 saturated heterocycles. The van der Waals surface area contributed by atoms with Gasteiger partial charge in [0.2, 0.25) is 0 Å². The zero-order chi connectivity index (χ0) is 14.5. The number of hydrogen-bond donors (Lipinski definition) is 0. The molecule has 0 aromatic carbocycles. The molecular formula is C16H23N2O2+. The Labute approximate surface area is 120 Å². The first-order valence-electron chi connectivity index (χ1n) is 7.06. The summed E-state index contributed by atoms with van der Waals surface area (Å²) in [7, 11) is 2.03. The lowest BCUT2D eigenvalue weighted by Gasteiger charge is -2.31. The van der Waals surface area contributed by atoms with E-state index in [1.807, 2.05) is 7.05 Å². The Morgan fingerprint density at radius 3 is 2.55 bits per heavy atom. The molecule has 0 saturated carbocycles. The molecule has 0 amide bonds. The van der Waals surface area contributed by atoms with Gasteiger partial charge < -0.3 is 4.74 Å². The molecule has 2 rings (SSSR count). The summed E-state index contributed by atoms with van der Waals surface area (Å²) in [4.78, 5) is 13.5. The molecule has 0 atom stereocenters. The summed E-state index contributed by atoms with van der Waals surface area (Å²) in [5.41, 5.74) is 1.86. The lowest BCUT2D eigenvalue weighted by atomic mass is 9.90. The van der Waals surface area contributed by atoms with E-state index in [2.05, 4.69) is 40.6 Å². The number of hydrogen-bond acceptors (Lipinski definition) is 3. The number of likely N-dealkylation sites (tertiary alicyclic amines) is 1. The SMILES string of the molecule is C=C(C)C(=O)OCN1CCC(c2cc[n+](C)cc2)CC1. The summed E-state index contributed by atoms with van der Waals surface area (Å²) in [5.74, 6) is 0.312. The van der Waals surface area contributed by atoms with Crippen molar-refractivity contribution >= 4 is 5.97 Å². The van der Waals surface area contributed by atoms with Gasteiger partial charge in [-0.3, -0.25) is 4.90 Å². The largest absolute Gasteiger partial charge is 0.446 e. The number of nitrogens with zero attached hydrogens (tertiary/aromatic N) is 2. The van der Waals surface area contributed by atoms with E-state index in [1.165, 1.54) is 5.56 Å². The molecule has 0 bridgehead atoms. The van der Waals surface area contributed by atoms with E-state index in [4.69, 9.17) is 4.74 Å². The Morgan fingerprint density at radius 1 is 1.40 bits per heavy atom. The molecule has 4 nitrogen and oxygen atoms in total. The van der Waals surface area contributed by atoms with Crippen molar-refractivity contribution in [2.75, 3.05) is 19.8 Å². The third-order valence-corrected chi connectivity index (χ3v) is 3.79. The van der Waals surface area contributed by atoms with Gasteiger partial charge in [-0.25, -0.2) is 9.36 Å². The average Bonchev–Trinajstić information content (AvgIpc) is 2.46. The molecule has 0 aliphatic carbocycles. The fourth-order valence-corrected chi connectivity index (χ4v) is 2.45. The Kier molecular flexibility index (Phi) is 4.90. The van der Waals surface area contributed by atoms with Gasteiger partial charge in [-0.1, -0.05) is 6.58 Å². The van der Waals surface area contributed by atoms with Crippen molar-refractivity contribution in [3.63, 3.8) is 0 Å². The number of carbonyl (C=O) groups is 1. The first-order valence-corrected chi connectivity index (χ1v) is 7.06. The molecule has 1 aliphatic heterocycles. The summed E-state index contributed by atoms with van der Waals surface area (Å²) in [6.07, 6.45) is 6.41. The lowest BCUT2D eigenvalue weighted by Crippen LogP contribution is -2.35. The number of aryl methyl sites for hydroxylation is 1. The second kappa shape index (κ2) is 6.66. The zero-order valence-electron chi connectivity index (χ0n) is 12.3. The number of carbonyl (C=O) groups excluding carboxylic acids is 1. The molecule has 0 radical (unpaired) electrons. The first-order chi connectivity index (χ1) is 9.56. The minimum atomic E-state index is -0.303. The van der Waals surface area contributed by atoms with E-state index >= 15 is 0 Å². The van der Waals surface area contributed by atoms with Gasteiger partial charge in [0.15, 0.2) is 12.4 Å². The van der Waals surface area contributed by atoms with Gasteiger partial charge in [0.25, 0.3) is 0 Å². The minimum Gasteiger partial charge on any atom is -0.446 e. The summed E-state index contributed by atoms with van der Waals surface area (Å²) >= 11 is 0. The van der Waals surface area contributed by atoms with E-state index in [0.717, 1.165) is 25.9 Å². The van der Waals surface area contributed by atoms with E-state index < -0.39 is 0 Å². The third kappa shape index (κ3) is 3.90. The molecule has 0 N–H and O–H groups in total. The molecule has 4 heteroatoms. The Balaban J connectivity index is 1.79. The van der Waals surface area contributed by atoms with Crippen LogP contribution in [-0.4, -0.2) is 30.7 Å². The molecule has 0 spiro atoms. The molecule has 20 heavy (non-hydrogen) atoms. The molecule has 2 heterocycles. The molecular weight excluding hydrogens is 252 g/mol. The lowest BCUT2D eigenvalue weighted by molar-refractivity contribution is -0.671. The van der Waals surface area contributed by atoms with Gasteiger partial charge in [-0.15, -0.1) is 0 Å². The van der Waals surface area contributed by atoms with Crippen LogP contribution in [0, 0.1) is 0 Å². The van der Waals surface area contributed by atoms with Crippen LogP contribution in [0.3, 0.4) is 0 Å². The minimum absolute atomic E-state index is 0.303. The third-order valence-electron chi connectivity index (χ3n) is 3.79. The predicted octanol–water partition coefficient (Wildman–Crippen LogP) is 1.77. The molecule has 108 valence electrons. The monoisotopic (exact) mass is 275 g/mol. The van der Waals surface area contributed by atoms with Gasteiger partial charge in [0.05, 0.1) is 0 Å². The number of aromatic nitrogens is 1. The first kappa shape index (κ1) is 14.7. The highest BCUT2D eigenvalue weighted by Gasteiger charge is 2.21. The summed E-state index contributed by atoms with van der Waals surface area (Å²) in [5, 5.41) is 0. The quantitative estimate of drug-likeness (QED) is 0.477. The Hall–Kier alpha value is -1.68. The molecule has 1 aliphatic rings. The highest BCUT2D eigenvalue weighted by molar-refractivity contribution is 5.86.